The summed E-state index contributed by atoms with van der Waals surface area (Å²) in [5, 5.41) is 11.8. The topological polar surface area (TPSA) is 79.5 Å². The van der Waals surface area contributed by atoms with Gasteiger partial charge in [-0.15, -0.1) is 0 Å². The van der Waals surface area contributed by atoms with Gasteiger partial charge in [0.05, 0.1) is 17.7 Å². The first-order chi connectivity index (χ1) is 9.08. The summed E-state index contributed by atoms with van der Waals surface area (Å²) < 4.78 is 5.09. The summed E-state index contributed by atoms with van der Waals surface area (Å²) in [5.74, 6) is -0.0231. The van der Waals surface area contributed by atoms with Crippen LogP contribution in [0.2, 0.25) is 0 Å². The van der Waals surface area contributed by atoms with E-state index in [0.29, 0.717) is 36.6 Å². The van der Waals surface area contributed by atoms with Crippen LogP contribution in [0, 0.1) is 18.8 Å². The van der Waals surface area contributed by atoms with Crippen molar-refractivity contribution in [1.82, 2.24) is 5.32 Å². The maximum atomic E-state index is 11.9. The van der Waals surface area contributed by atoms with Crippen LogP contribution in [0.3, 0.4) is 0 Å². The zero-order chi connectivity index (χ0) is 13.8. The first-order valence-electron chi connectivity index (χ1n) is 6.63. The van der Waals surface area contributed by atoms with Crippen LogP contribution in [-0.2, 0) is 4.79 Å². The molecule has 0 saturated heterocycles. The Balaban J connectivity index is 1.77. The van der Waals surface area contributed by atoms with Crippen molar-refractivity contribution in [1.29, 1.82) is 0 Å². The second-order valence-electron chi connectivity index (χ2n) is 5.16. The molecule has 1 fully saturated rings. The lowest BCUT2D eigenvalue weighted by molar-refractivity contribution is -0.143. The number of carbonyl (C=O) groups excluding carboxylic acids is 1. The molecule has 0 radical (unpaired) electrons. The molecule has 104 valence electrons. The van der Waals surface area contributed by atoms with Crippen molar-refractivity contribution in [3.8, 4) is 0 Å². The largest absolute Gasteiger partial charge is 0.481 e. The quantitative estimate of drug-likeness (QED) is 0.874. The first kappa shape index (κ1) is 13.6. The number of carboxylic acid groups (broad SMARTS) is 1. The molecule has 0 bridgehead atoms. The number of nitrogens with one attached hydrogen (secondary N) is 1. The van der Waals surface area contributed by atoms with E-state index in [1.807, 2.05) is 0 Å². The Morgan fingerprint density at radius 2 is 2.05 bits per heavy atom. The Labute approximate surface area is 112 Å². The van der Waals surface area contributed by atoms with Gasteiger partial charge in [0.15, 0.2) is 0 Å². The van der Waals surface area contributed by atoms with Crippen LogP contribution in [0.4, 0.5) is 0 Å². The third-order valence-corrected chi connectivity index (χ3v) is 3.85. The molecule has 1 amide bonds. The molecule has 2 N–H and O–H groups in total. The summed E-state index contributed by atoms with van der Waals surface area (Å²) in [7, 11) is 0. The van der Waals surface area contributed by atoms with Crippen molar-refractivity contribution in [3.63, 3.8) is 0 Å². The lowest BCUT2D eigenvalue weighted by atomic mass is 9.82. The SMILES string of the molecule is Cc1occc1C(=O)NCC1CCC(C(=O)O)CC1. The molecule has 19 heavy (non-hydrogen) atoms. The second-order valence-corrected chi connectivity index (χ2v) is 5.16. The Morgan fingerprint density at radius 1 is 1.37 bits per heavy atom. The normalized spacial score (nSPS) is 23.0. The van der Waals surface area contributed by atoms with Gasteiger partial charge in [-0.3, -0.25) is 9.59 Å². The van der Waals surface area contributed by atoms with Gasteiger partial charge in [0, 0.05) is 6.54 Å². The van der Waals surface area contributed by atoms with Gasteiger partial charge >= 0.3 is 5.97 Å². The molecule has 0 unspecified atom stereocenters. The van der Waals surface area contributed by atoms with Gasteiger partial charge in [-0.25, -0.2) is 0 Å². The minimum absolute atomic E-state index is 0.119. The predicted molar refractivity (Wildman–Crippen MR) is 68.9 cm³/mol. The molecule has 0 atom stereocenters. The lowest BCUT2D eigenvalue weighted by Gasteiger charge is -2.26. The van der Waals surface area contributed by atoms with E-state index in [1.165, 1.54) is 6.26 Å². The second kappa shape index (κ2) is 5.91. The fourth-order valence-electron chi connectivity index (χ4n) is 2.57. The van der Waals surface area contributed by atoms with Gasteiger partial charge in [-0.05, 0) is 44.6 Å². The fraction of sp³-hybridized carbons (Fsp3) is 0.571. The number of aliphatic carboxylic acids is 1. The minimum Gasteiger partial charge on any atom is -0.481 e. The number of amides is 1. The van der Waals surface area contributed by atoms with Gasteiger partial charge in [0.25, 0.3) is 5.91 Å². The number of furan rings is 1. The smallest absolute Gasteiger partial charge is 0.306 e. The highest BCUT2D eigenvalue weighted by Gasteiger charge is 2.26. The van der Waals surface area contributed by atoms with Crippen LogP contribution in [0.1, 0.15) is 41.8 Å². The summed E-state index contributed by atoms with van der Waals surface area (Å²) in [6.07, 6.45) is 4.65. The molecule has 0 spiro atoms. The van der Waals surface area contributed by atoms with Crippen molar-refractivity contribution in [2.24, 2.45) is 11.8 Å². The molecule has 0 aromatic carbocycles. The minimum atomic E-state index is -0.698. The summed E-state index contributed by atoms with van der Waals surface area (Å²) in [6.45, 7) is 2.36. The maximum absolute atomic E-state index is 11.9. The van der Waals surface area contributed by atoms with Crippen LogP contribution >= 0.6 is 0 Å². The highest BCUT2D eigenvalue weighted by Crippen LogP contribution is 2.28. The van der Waals surface area contributed by atoms with Gasteiger partial charge in [0.1, 0.15) is 5.76 Å². The van der Waals surface area contributed by atoms with E-state index in [9.17, 15) is 9.59 Å². The molecule has 1 aliphatic rings. The van der Waals surface area contributed by atoms with Crippen LogP contribution in [0.25, 0.3) is 0 Å². The van der Waals surface area contributed by atoms with Crippen LogP contribution < -0.4 is 5.32 Å². The number of carboxylic acids is 1. The highest BCUT2D eigenvalue weighted by atomic mass is 16.4. The maximum Gasteiger partial charge on any atom is 0.306 e. The van der Waals surface area contributed by atoms with Crippen LogP contribution in [0.5, 0.6) is 0 Å². The first-order valence-corrected chi connectivity index (χ1v) is 6.63. The summed E-state index contributed by atoms with van der Waals surface area (Å²) in [5.41, 5.74) is 0.569. The Morgan fingerprint density at radius 3 is 2.58 bits per heavy atom. The average Bonchev–Trinajstić information content (AvgIpc) is 2.83. The highest BCUT2D eigenvalue weighted by molar-refractivity contribution is 5.95. The Bertz CT molecular complexity index is 458. The zero-order valence-corrected chi connectivity index (χ0v) is 11.0. The van der Waals surface area contributed by atoms with E-state index in [-0.39, 0.29) is 11.8 Å². The molecule has 5 heteroatoms. The van der Waals surface area contributed by atoms with E-state index in [0.717, 1.165) is 12.8 Å². The number of hydrogen-bond donors (Lipinski definition) is 2. The summed E-state index contributed by atoms with van der Waals surface area (Å²) >= 11 is 0. The monoisotopic (exact) mass is 265 g/mol. The standard InChI is InChI=1S/C14H19NO4/c1-9-12(6-7-19-9)13(16)15-8-10-2-4-11(5-3-10)14(17)18/h6-7,10-11H,2-5,8H2,1H3,(H,15,16)(H,17,18). The van der Waals surface area contributed by atoms with Gasteiger partial charge in [-0.1, -0.05) is 0 Å². The molecule has 1 aliphatic carbocycles. The van der Waals surface area contributed by atoms with Crippen molar-refractivity contribution >= 4 is 11.9 Å². The van der Waals surface area contributed by atoms with E-state index in [1.54, 1.807) is 13.0 Å². The number of hydrogen-bond acceptors (Lipinski definition) is 3. The van der Waals surface area contributed by atoms with Gasteiger partial charge in [-0.2, -0.15) is 0 Å². The average molecular weight is 265 g/mol. The van der Waals surface area contributed by atoms with Crippen LogP contribution in [0.15, 0.2) is 16.7 Å². The number of aryl methyl sites for hydroxylation is 1. The van der Waals surface area contributed by atoms with Gasteiger partial charge < -0.3 is 14.8 Å². The number of rotatable bonds is 4. The number of carbonyl (C=O) groups is 2. The molecule has 5 nitrogen and oxygen atoms in total. The Hall–Kier alpha value is -1.78. The lowest BCUT2D eigenvalue weighted by Crippen LogP contribution is -2.32. The van der Waals surface area contributed by atoms with Crippen molar-refractivity contribution < 1.29 is 19.1 Å². The third-order valence-electron chi connectivity index (χ3n) is 3.85. The molecule has 1 aromatic heterocycles. The van der Waals surface area contributed by atoms with Gasteiger partial charge in [0.2, 0.25) is 0 Å². The molecular weight excluding hydrogens is 246 g/mol. The van der Waals surface area contributed by atoms with Crippen molar-refractivity contribution in [2.45, 2.75) is 32.6 Å². The summed E-state index contributed by atoms with van der Waals surface area (Å²) in [4.78, 5) is 22.7. The zero-order valence-electron chi connectivity index (χ0n) is 11.0. The van der Waals surface area contributed by atoms with E-state index in [4.69, 9.17) is 9.52 Å². The molecule has 1 heterocycles. The van der Waals surface area contributed by atoms with E-state index < -0.39 is 5.97 Å². The van der Waals surface area contributed by atoms with E-state index in [2.05, 4.69) is 5.32 Å². The molecule has 2 rings (SSSR count). The Kier molecular flexibility index (Phi) is 4.24. The van der Waals surface area contributed by atoms with Crippen molar-refractivity contribution in [3.05, 3.63) is 23.7 Å². The molecular formula is C14H19NO4. The third kappa shape index (κ3) is 3.36. The summed E-state index contributed by atoms with van der Waals surface area (Å²) in [6, 6.07) is 1.66. The van der Waals surface area contributed by atoms with Crippen molar-refractivity contribution in [2.75, 3.05) is 6.54 Å². The molecule has 1 aromatic rings. The van der Waals surface area contributed by atoms with E-state index >= 15 is 0 Å². The molecule has 1 saturated carbocycles. The predicted octanol–water partition coefficient (Wildman–Crippen LogP) is 2.21. The fourth-order valence-corrected chi connectivity index (χ4v) is 2.57. The molecule has 0 aliphatic heterocycles. The van der Waals surface area contributed by atoms with Crippen LogP contribution in [-0.4, -0.2) is 23.5 Å².